The van der Waals surface area contributed by atoms with E-state index in [9.17, 15) is 4.79 Å². The maximum atomic E-state index is 13.8. The van der Waals surface area contributed by atoms with Crippen molar-refractivity contribution in [1.82, 2.24) is 0 Å². The van der Waals surface area contributed by atoms with Gasteiger partial charge >= 0.3 is 0 Å². The number of hydrogen-bond donors (Lipinski definition) is 0. The van der Waals surface area contributed by atoms with Crippen LogP contribution in [0.5, 0.6) is 5.75 Å². The zero-order chi connectivity index (χ0) is 22.2. The summed E-state index contributed by atoms with van der Waals surface area (Å²) in [6.45, 7) is 0. The van der Waals surface area contributed by atoms with Gasteiger partial charge in [-0.15, -0.1) is 0 Å². The molecule has 0 aliphatic carbocycles. The standard InChI is InChI=1S/C29H23NO2/c1-32-27-20-18-26(19-21-27)30(29(31)25-15-9-4-10-16-25)28(24-13-7-3-8-14-24)22-17-23-11-5-2-6-12-23/h2-16,18-21,28H,1H3. The molecule has 0 saturated heterocycles. The summed E-state index contributed by atoms with van der Waals surface area (Å²) in [4.78, 5) is 15.5. The normalized spacial score (nSPS) is 11.0. The van der Waals surface area contributed by atoms with Crippen LogP contribution < -0.4 is 9.64 Å². The van der Waals surface area contributed by atoms with Crippen LogP contribution in [0, 0.1) is 11.8 Å². The lowest BCUT2D eigenvalue weighted by molar-refractivity contribution is 0.0981. The third-order valence-corrected chi connectivity index (χ3v) is 5.09. The first-order chi connectivity index (χ1) is 15.8. The minimum atomic E-state index is -0.475. The van der Waals surface area contributed by atoms with E-state index in [1.165, 1.54) is 0 Å². The minimum Gasteiger partial charge on any atom is -0.497 e. The fourth-order valence-electron chi connectivity index (χ4n) is 3.45. The second kappa shape index (κ2) is 10.1. The molecule has 156 valence electrons. The number of methoxy groups -OCH3 is 1. The van der Waals surface area contributed by atoms with E-state index in [2.05, 4.69) is 11.8 Å². The van der Waals surface area contributed by atoms with E-state index in [0.29, 0.717) is 5.56 Å². The molecule has 1 unspecified atom stereocenters. The topological polar surface area (TPSA) is 29.5 Å². The van der Waals surface area contributed by atoms with Crippen LogP contribution in [-0.2, 0) is 0 Å². The summed E-state index contributed by atoms with van der Waals surface area (Å²) < 4.78 is 5.31. The van der Waals surface area contributed by atoms with E-state index >= 15 is 0 Å². The Hall–Kier alpha value is -4.29. The summed E-state index contributed by atoms with van der Waals surface area (Å²) in [6, 6.07) is 36.0. The number of amides is 1. The van der Waals surface area contributed by atoms with Crippen molar-refractivity contribution in [3.8, 4) is 17.6 Å². The van der Waals surface area contributed by atoms with Gasteiger partial charge in [0, 0.05) is 16.8 Å². The largest absolute Gasteiger partial charge is 0.497 e. The van der Waals surface area contributed by atoms with Crippen LogP contribution >= 0.6 is 0 Å². The summed E-state index contributed by atoms with van der Waals surface area (Å²) in [5.41, 5.74) is 3.19. The van der Waals surface area contributed by atoms with E-state index in [-0.39, 0.29) is 5.91 Å². The Balaban J connectivity index is 1.85. The number of hydrogen-bond acceptors (Lipinski definition) is 2. The fraction of sp³-hybridized carbons (Fsp3) is 0.0690. The summed E-state index contributed by atoms with van der Waals surface area (Å²) in [6.07, 6.45) is 0. The predicted octanol–water partition coefficient (Wildman–Crippen LogP) is 6.14. The van der Waals surface area contributed by atoms with Crippen molar-refractivity contribution < 1.29 is 9.53 Å². The summed E-state index contributed by atoms with van der Waals surface area (Å²) in [5, 5.41) is 0. The molecule has 1 amide bonds. The Morgan fingerprint density at radius 2 is 1.31 bits per heavy atom. The Kier molecular flexibility index (Phi) is 6.65. The second-order valence-electron chi connectivity index (χ2n) is 7.19. The Labute approximate surface area is 188 Å². The maximum absolute atomic E-state index is 13.8. The lowest BCUT2D eigenvalue weighted by Gasteiger charge is -2.29. The molecular formula is C29H23NO2. The predicted molar refractivity (Wildman–Crippen MR) is 129 cm³/mol. The highest BCUT2D eigenvalue weighted by molar-refractivity contribution is 6.07. The molecule has 0 heterocycles. The van der Waals surface area contributed by atoms with Crippen molar-refractivity contribution in [1.29, 1.82) is 0 Å². The number of carbonyl (C=O) groups excluding carboxylic acids is 1. The quantitative estimate of drug-likeness (QED) is 0.365. The van der Waals surface area contributed by atoms with Gasteiger partial charge in [0.05, 0.1) is 7.11 Å². The van der Waals surface area contributed by atoms with Gasteiger partial charge in [-0.1, -0.05) is 78.6 Å². The van der Waals surface area contributed by atoms with Gasteiger partial charge < -0.3 is 4.74 Å². The second-order valence-corrected chi connectivity index (χ2v) is 7.19. The summed E-state index contributed by atoms with van der Waals surface area (Å²) in [5.74, 6) is 7.22. The minimum absolute atomic E-state index is 0.119. The molecule has 0 aliphatic rings. The molecule has 4 rings (SSSR count). The van der Waals surface area contributed by atoms with Crippen molar-refractivity contribution in [3.63, 3.8) is 0 Å². The molecule has 0 bridgehead atoms. The summed E-state index contributed by atoms with van der Waals surface area (Å²) >= 11 is 0. The van der Waals surface area contributed by atoms with E-state index < -0.39 is 6.04 Å². The van der Waals surface area contributed by atoms with Crippen LogP contribution in [0.3, 0.4) is 0 Å². The van der Waals surface area contributed by atoms with Gasteiger partial charge in [0.1, 0.15) is 11.8 Å². The van der Waals surface area contributed by atoms with Crippen molar-refractivity contribution >= 4 is 11.6 Å². The van der Waals surface area contributed by atoms with Gasteiger partial charge in [0.25, 0.3) is 5.91 Å². The third kappa shape index (κ3) is 4.88. The third-order valence-electron chi connectivity index (χ3n) is 5.09. The van der Waals surface area contributed by atoms with Gasteiger partial charge in [-0.2, -0.15) is 0 Å². The molecule has 32 heavy (non-hydrogen) atoms. The van der Waals surface area contributed by atoms with Gasteiger partial charge in [-0.25, -0.2) is 0 Å². The molecule has 3 heteroatoms. The monoisotopic (exact) mass is 417 g/mol. The molecule has 0 aromatic heterocycles. The van der Waals surface area contributed by atoms with Crippen LogP contribution in [0.2, 0.25) is 0 Å². The Bertz CT molecular complexity index is 1210. The fourth-order valence-corrected chi connectivity index (χ4v) is 3.45. The molecule has 4 aromatic carbocycles. The van der Waals surface area contributed by atoms with Gasteiger partial charge in [0.2, 0.25) is 0 Å². The first kappa shape index (κ1) is 21.0. The first-order valence-electron chi connectivity index (χ1n) is 10.4. The lowest BCUT2D eigenvalue weighted by Crippen LogP contribution is -2.34. The smallest absolute Gasteiger partial charge is 0.259 e. The zero-order valence-corrected chi connectivity index (χ0v) is 17.8. The molecule has 0 fully saturated rings. The van der Waals surface area contributed by atoms with Crippen LogP contribution in [0.4, 0.5) is 5.69 Å². The van der Waals surface area contributed by atoms with E-state index in [1.807, 2.05) is 115 Å². The number of benzene rings is 4. The van der Waals surface area contributed by atoms with Gasteiger partial charge in [-0.3, -0.25) is 9.69 Å². The Morgan fingerprint density at radius 3 is 1.91 bits per heavy atom. The van der Waals surface area contributed by atoms with Crippen LogP contribution in [0.1, 0.15) is 27.5 Å². The first-order valence-corrected chi connectivity index (χ1v) is 10.4. The number of ether oxygens (including phenoxy) is 1. The molecular weight excluding hydrogens is 394 g/mol. The lowest BCUT2D eigenvalue weighted by atomic mass is 10.0. The summed E-state index contributed by atoms with van der Waals surface area (Å²) in [7, 11) is 1.63. The SMILES string of the molecule is COc1ccc(N(C(=O)c2ccccc2)C(C#Cc2ccccc2)c2ccccc2)cc1. The van der Waals surface area contributed by atoms with Gasteiger partial charge in [0.15, 0.2) is 0 Å². The average Bonchev–Trinajstić information content (AvgIpc) is 2.88. The molecule has 0 saturated carbocycles. The van der Waals surface area contributed by atoms with Crippen LogP contribution in [-0.4, -0.2) is 13.0 Å². The molecule has 4 aromatic rings. The van der Waals surface area contributed by atoms with Crippen molar-refractivity contribution in [3.05, 3.63) is 132 Å². The number of rotatable bonds is 5. The molecule has 1 atom stereocenters. The van der Waals surface area contributed by atoms with Crippen molar-refractivity contribution in [2.24, 2.45) is 0 Å². The van der Waals surface area contributed by atoms with Crippen molar-refractivity contribution in [2.45, 2.75) is 6.04 Å². The molecule has 0 radical (unpaired) electrons. The number of carbonyl (C=O) groups is 1. The highest BCUT2D eigenvalue weighted by atomic mass is 16.5. The molecule has 3 nitrogen and oxygen atoms in total. The Morgan fingerprint density at radius 1 is 0.750 bits per heavy atom. The van der Waals surface area contributed by atoms with E-state index in [0.717, 1.165) is 22.6 Å². The number of nitrogens with zero attached hydrogens (tertiary/aromatic N) is 1. The van der Waals surface area contributed by atoms with Crippen LogP contribution in [0.25, 0.3) is 0 Å². The number of anilines is 1. The van der Waals surface area contributed by atoms with Gasteiger partial charge in [-0.05, 0) is 54.1 Å². The van der Waals surface area contributed by atoms with Crippen LogP contribution in [0.15, 0.2) is 115 Å². The molecule has 0 N–H and O–H groups in total. The van der Waals surface area contributed by atoms with Crippen molar-refractivity contribution in [2.75, 3.05) is 12.0 Å². The van der Waals surface area contributed by atoms with E-state index in [4.69, 9.17) is 4.74 Å². The highest BCUT2D eigenvalue weighted by Gasteiger charge is 2.26. The zero-order valence-electron chi connectivity index (χ0n) is 17.8. The average molecular weight is 418 g/mol. The van der Waals surface area contributed by atoms with E-state index in [1.54, 1.807) is 12.0 Å². The highest BCUT2D eigenvalue weighted by Crippen LogP contribution is 2.30. The molecule has 0 aliphatic heterocycles. The molecule has 0 spiro atoms. The maximum Gasteiger partial charge on any atom is 0.259 e.